The highest BCUT2D eigenvalue weighted by Crippen LogP contribution is 2.29. The molecule has 2 atom stereocenters. The molecule has 1 amide bonds. The Hall–Kier alpha value is -1.56. The van der Waals surface area contributed by atoms with E-state index in [0.29, 0.717) is 10.6 Å². The predicted molar refractivity (Wildman–Crippen MR) is 73.0 cm³/mol. The molecule has 0 aliphatic heterocycles. The van der Waals surface area contributed by atoms with Crippen LogP contribution in [0.15, 0.2) is 24.4 Å². The molecule has 0 aliphatic carbocycles. The second-order valence-electron chi connectivity index (χ2n) is 4.39. The first kappa shape index (κ1) is 13.9. The molecule has 0 saturated heterocycles. The average molecular weight is 283 g/mol. The van der Waals surface area contributed by atoms with Gasteiger partial charge in [-0.25, -0.2) is 0 Å². The number of aliphatic hydroxyl groups excluding tert-OH is 2. The first-order chi connectivity index (χ1) is 8.99. The van der Waals surface area contributed by atoms with Gasteiger partial charge >= 0.3 is 0 Å². The third-order valence-corrected chi connectivity index (χ3v) is 3.24. The van der Waals surface area contributed by atoms with E-state index in [4.69, 9.17) is 11.6 Å². The van der Waals surface area contributed by atoms with Gasteiger partial charge in [-0.15, -0.1) is 0 Å². The summed E-state index contributed by atoms with van der Waals surface area (Å²) in [6.07, 6.45) is -0.498. The Labute approximate surface area is 115 Å². The van der Waals surface area contributed by atoms with Crippen molar-refractivity contribution in [2.45, 2.75) is 19.1 Å². The number of rotatable bonds is 4. The zero-order valence-electron chi connectivity index (χ0n) is 10.4. The molecule has 0 bridgehead atoms. The minimum Gasteiger partial charge on any atom is -0.388 e. The predicted octanol–water partition coefficient (Wildman–Crippen LogP) is 1.35. The number of aromatic amines is 1. The van der Waals surface area contributed by atoms with Crippen LogP contribution in [0.2, 0.25) is 5.02 Å². The lowest BCUT2D eigenvalue weighted by molar-refractivity contribution is -0.119. The molecule has 1 aromatic carbocycles. The van der Waals surface area contributed by atoms with Gasteiger partial charge in [0.25, 0.3) is 0 Å². The molecular formula is C13H15ClN2O3. The summed E-state index contributed by atoms with van der Waals surface area (Å²) in [5.41, 5.74) is 1.30. The lowest BCUT2D eigenvalue weighted by Crippen LogP contribution is -2.34. The fourth-order valence-corrected chi connectivity index (χ4v) is 2.16. The molecule has 4 N–H and O–H groups in total. The van der Waals surface area contributed by atoms with Crippen molar-refractivity contribution in [2.75, 3.05) is 6.54 Å². The highest BCUT2D eigenvalue weighted by Gasteiger charge is 2.21. The van der Waals surface area contributed by atoms with Crippen molar-refractivity contribution in [3.63, 3.8) is 0 Å². The van der Waals surface area contributed by atoms with E-state index in [-0.39, 0.29) is 12.5 Å². The SMILES string of the molecule is CC(=O)NCC(O)C(O)c1cc2cc[nH]c2cc1Cl. The number of nitrogens with one attached hydrogen (secondary N) is 2. The molecule has 19 heavy (non-hydrogen) atoms. The smallest absolute Gasteiger partial charge is 0.216 e. The third kappa shape index (κ3) is 3.07. The standard InChI is InChI=1S/C13H15ClN2O3/c1-7(17)16-6-12(18)13(19)9-4-8-2-3-15-11(8)5-10(9)14/h2-5,12-13,15,18-19H,6H2,1H3,(H,16,17). The van der Waals surface area contributed by atoms with Gasteiger partial charge in [-0.1, -0.05) is 11.6 Å². The van der Waals surface area contributed by atoms with Crippen LogP contribution >= 0.6 is 11.6 Å². The molecule has 2 unspecified atom stereocenters. The molecule has 1 heterocycles. The number of benzene rings is 1. The largest absolute Gasteiger partial charge is 0.388 e. The number of H-pyrrole nitrogens is 1. The van der Waals surface area contributed by atoms with Crippen LogP contribution in [0.1, 0.15) is 18.6 Å². The highest BCUT2D eigenvalue weighted by molar-refractivity contribution is 6.32. The molecule has 2 rings (SSSR count). The van der Waals surface area contributed by atoms with E-state index in [2.05, 4.69) is 10.3 Å². The Morgan fingerprint density at radius 2 is 2.21 bits per heavy atom. The number of aromatic nitrogens is 1. The van der Waals surface area contributed by atoms with Crippen LogP contribution in [-0.2, 0) is 4.79 Å². The van der Waals surface area contributed by atoms with Crippen molar-refractivity contribution in [1.82, 2.24) is 10.3 Å². The number of hydrogen-bond donors (Lipinski definition) is 4. The Balaban J connectivity index is 2.22. The van der Waals surface area contributed by atoms with Gasteiger partial charge in [0, 0.05) is 35.8 Å². The van der Waals surface area contributed by atoms with E-state index in [9.17, 15) is 15.0 Å². The second kappa shape index (κ2) is 5.61. The third-order valence-electron chi connectivity index (χ3n) is 2.91. The van der Waals surface area contributed by atoms with Gasteiger partial charge in [0.2, 0.25) is 5.91 Å². The zero-order chi connectivity index (χ0) is 14.0. The molecule has 6 heteroatoms. The number of carbonyl (C=O) groups is 1. The summed E-state index contributed by atoms with van der Waals surface area (Å²) in [5.74, 6) is -0.265. The summed E-state index contributed by atoms with van der Waals surface area (Å²) < 4.78 is 0. The number of amides is 1. The molecule has 5 nitrogen and oxygen atoms in total. The molecular weight excluding hydrogens is 268 g/mol. The first-order valence-corrected chi connectivity index (χ1v) is 6.24. The lowest BCUT2D eigenvalue weighted by Gasteiger charge is -2.19. The van der Waals surface area contributed by atoms with Gasteiger partial charge in [0.15, 0.2) is 0 Å². The number of hydrogen-bond acceptors (Lipinski definition) is 3. The number of fused-ring (bicyclic) bond motifs is 1. The highest BCUT2D eigenvalue weighted by atomic mass is 35.5. The summed E-state index contributed by atoms with van der Waals surface area (Å²) in [4.78, 5) is 13.8. The maximum absolute atomic E-state index is 10.8. The van der Waals surface area contributed by atoms with E-state index < -0.39 is 12.2 Å². The van der Waals surface area contributed by atoms with Gasteiger partial charge in [0.1, 0.15) is 12.2 Å². The first-order valence-electron chi connectivity index (χ1n) is 5.86. The van der Waals surface area contributed by atoms with E-state index >= 15 is 0 Å². The Morgan fingerprint density at radius 3 is 2.89 bits per heavy atom. The van der Waals surface area contributed by atoms with Crippen LogP contribution in [0.3, 0.4) is 0 Å². The molecule has 2 aromatic rings. The van der Waals surface area contributed by atoms with Crippen molar-refractivity contribution < 1.29 is 15.0 Å². The second-order valence-corrected chi connectivity index (χ2v) is 4.80. The summed E-state index contributed by atoms with van der Waals surface area (Å²) in [5, 5.41) is 23.6. The summed E-state index contributed by atoms with van der Waals surface area (Å²) in [6.45, 7) is 1.32. The zero-order valence-corrected chi connectivity index (χ0v) is 11.1. The van der Waals surface area contributed by atoms with E-state index in [1.54, 1.807) is 18.3 Å². The van der Waals surface area contributed by atoms with Crippen LogP contribution in [-0.4, -0.2) is 33.8 Å². The van der Waals surface area contributed by atoms with Gasteiger partial charge in [0.05, 0.1) is 0 Å². The summed E-state index contributed by atoms with van der Waals surface area (Å²) >= 11 is 6.08. The van der Waals surface area contributed by atoms with Crippen LogP contribution in [0.25, 0.3) is 10.9 Å². The Bertz CT molecular complexity index is 597. The van der Waals surface area contributed by atoms with Crippen LogP contribution in [0, 0.1) is 0 Å². The van der Waals surface area contributed by atoms with E-state index in [1.165, 1.54) is 6.92 Å². The summed E-state index contributed by atoms with van der Waals surface area (Å²) in [7, 11) is 0. The molecule has 0 saturated carbocycles. The normalized spacial score (nSPS) is 14.3. The minimum absolute atomic E-state index is 0.0298. The van der Waals surface area contributed by atoms with Crippen molar-refractivity contribution in [2.24, 2.45) is 0 Å². The van der Waals surface area contributed by atoms with Crippen LogP contribution in [0.5, 0.6) is 0 Å². The number of carbonyl (C=O) groups excluding carboxylic acids is 1. The quantitative estimate of drug-likeness (QED) is 0.683. The summed E-state index contributed by atoms with van der Waals surface area (Å²) in [6, 6.07) is 5.26. The maximum Gasteiger partial charge on any atom is 0.216 e. The van der Waals surface area contributed by atoms with Gasteiger partial charge in [-0.2, -0.15) is 0 Å². The number of aliphatic hydroxyl groups is 2. The molecule has 0 radical (unpaired) electrons. The van der Waals surface area contributed by atoms with Gasteiger partial charge in [-0.05, 0) is 23.6 Å². The fourth-order valence-electron chi connectivity index (χ4n) is 1.89. The monoisotopic (exact) mass is 282 g/mol. The minimum atomic E-state index is -1.15. The van der Waals surface area contributed by atoms with Crippen molar-refractivity contribution in [1.29, 1.82) is 0 Å². The molecule has 1 aromatic heterocycles. The van der Waals surface area contributed by atoms with E-state index in [1.807, 2.05) is 6.07 Å². The molecule has 0 spiro atoms. The average Bonchev–Trinajstić information content (AvgIpc) is 2.80. The van der Waals surface area contributed by atoms with Gasteiger partial charge < -0.3 is 20.5 Å². The lowest BCUT2D eigenvalue weighted by atomic mass is 10.0. The van der Waals surface area contributed by atoms with Crippen molar-refractivity contribution in [3.05, 3.63) is 35.0 Å². The Morgan fingerprint density at radius 1 is 1.47 bits per heavy atom. The molecule has 0 aliphatic rings. The Kier molecular flexibility index (Phi) is 4.09. The van der Waals surface area contributed by atoms with Crippen LogP contribution < -0.4 is 5.32 Å². The fraction of sp³-hybridized carbons (Fsp3) is 0.308. The molecule has 0 fully saturated rings. The van der Waals surface area contributed by atoms with Crippen molar-refractivity contribution >= 4 is 28.4 Å². The molecule has 102 valence electrons. The van der Waals surface area contributed by atoms with Gasteiger partial charge in [-0.3, -0.25) is 4.79 Å². The topological polar surface area (TPSA) is 85.3 Å². The van der Waals surface area contributed by atoms with Crippen LogP contribution in [0.4, 0.5) is 0 Å². The maximum atomic E-state index is 10.8. The van der Waals surface area contributed by atoms with E-state index in [0.717, 1.165) is 10.9 Å². The number of halogens is 1. The van der Waals surface area contributed by atoms with Crippen molar-refractivity contribution in [3.8, 4) is 0 Å².